The van der Waals surface area contributed by atoms with Gasteiger partial charge in [0.1, 0.15) is 6.04 Å². The van der Waals surface area contributed by atoms with E-state index in [4.69, 9.17) is 10.8 Å². The van der Waals surface area contributed by atoms with Crippen LogP contribution in [0.2, 0.25) is 0 Å². The molecule has 2 aromatic rings. The number of aromatic carboxylic acids is 2. The van der Waals surface area contributed by atoms with Crippen LogP contribution >= 0.6 is 0 Å². The fourth-order valence-corrected chi connectivity index (χ4v) is 2.55. The van der Waals surface area contributed by atoms with Crippen LogP contribution in [0.5, 0.6) is 0 Å². The SMILES string of the molecule is NC(CCc1c(C(=O)O)cc(C(=O)O)cc1-c1ccccc1)C(=O)O. The second-order valence-electron chi connectivity index (χ2n) is 5.51. The minimum absolute atomic E-state index is 0.0296. The van der Waals surface area contributed by atoms with E-state index in [1.807, 2.05) is 0 Å². The van der Waals surface area contributed by atoms with Crippen molar-refractivity contribution in [2.75, 3.05) is 0 Å². The molecule has 0 heterocycles. The Morgan fingerprint density at radius 2 is 1.60 bits per heavy atom. The molecule has 5 N–H and O–H groups in total. The summed E-state index contributed by atoms with van der Waals surface area (Å²) in [4.78, 5) is 33.9. The summed E-state index contributed by atoms with van der Waals surface area (Å²) in [5.74, 6) is -3.70. The van der Waals surface area contributed by atoms with E-state index in [9.17, 15) is 24.6 Å². The third-order valence-corrected chi connectivity index (χ3v) is 3.83. The van der Waals surface area contributed by atoms with E-state index in [2.05, 4.69) is 0 Å². The molecule has 0 aliphatic heterocycles. The number of carboxylic acids is 3. The molecule has 0 aromatic heterocycles. The first-order valence-electron chi connectivity index (χ1n) is 7.48. The van der Waals surface area contributed by atoms with Gasteiger partial charge in [0.2, 0.25) is 0 Å². The van der Waals surface area contributed by atoms with Crippen molar-refractivity contribution in [3.05, 3.63) is 59.2 Å². The van der Waals surface area contributed by atoms with Crippen molar-refractivity contribution in [2.45, 2.75) is 18.9 Å². The first-order chi connectivity index (χ1) is 11.8. The quantitative estimate of drug-likeness (QED) is 0.604. The maximum absolute atomic E-state index is 11.6. The van der Waals surface area contributed by atoms with Gasteiger partial charge in [0.15, 0.2) is 0 Å². The zero-order valence-corrected chi connectivity index (χ0v) is 13.2. The Labute approximate surface area is 143 Å². The highest BCUT2D eigenvalue weighted by Gasteiger charge is 2.21. The molecule has 0 bridgehead atoms. The van der Waals surface area contributed by atoms with Gasteiger partial charge in [-0.2, -0.15) is 0 Å². The van der Waals surface area contributed by atoms with E-state index in [-0.39, 0.29) is 24.0 Å². The van der Waals surface area contributed by atoms with Gasteiger partial charge in [-0.1, -0.05) is 30.3 Å². The van der Waals surface area contributed by atoms with Crippen LogP contribution in [0.3, 0.4) is 0 Å². The second-order valence-corrected chi connectivity index (χ2v) is 5.51. The van der Waals surface area contributed by atoms with Crippen molar-refractivity contribution < 1.29 is 29.7 Å². The van der Waals surface area contributed by atoms with Crippen molar-refractivity contribution >= 4 is 17.9 Å². The van der Waals surface area contributed by atoms with Crippen LogP contribution in [0.1, 0.15) is 32.7 Å². The fraction of sp³-hybridized carbons (Fsp3) is 0.167. The first kappa shape index (κ1) is 18.2. The number of carboxylic acid groups (broad SMARTS) is 3. The molecular formula is C18H17NO6. The molecule has 0 radical (unpaired) electrons. The summed E-state index contributed by atoms with van der Waals surface area (Å²) < 4.78 is 0. The van der Waals surface area contributed by atoms with Gasteiger partial charge in [-0.25, -0.2) is 9.59 Å². The Balaban J connectivity index is 2.62. The molecule has 0 spiro atoms. The van der Waals surface area contributed by atoms with Crippen molar-refractivity contribution in [1.29, 1.82) is 0 Å². The van der Waals surface area contributed by atoms with Crippen LogP contribution < -0.4 is 5.73 Å². The molecule has 0 amide bonds. The zero-order valence-electron chi connectivity index (χ0n) is 13.2. The molecule has 0 aliphatic carbocycles. The molecule has 1 unspecified atom stereocenters. The van der Waals surface area contributed by atoms with Crippen LogP contribution in [0.15, 0.2) is 42.5 Å². The third-order valence-electron chi connectivity index (χ3n) is 3.83. The van der Waals surface area contributed by atoms with E-state index < -0.39 is 23.9 Å². The van der Waals surface area contributed by atoms with Crippen molar-refractivity contribution in [3.8, 4) is 11.1 Å². The molecule has 2 aromatic carbocycles. The topological polar surface area (TPSA) is 138 Å². The lowest BCUT2D eigenvalue weighted by molar-refractivity contribution is -0.138. The summed E-state index contributed by atoms with van der Waals surface area (Å²) in [5, 5.41) is 27.7. The van der Waals surface area contributed by atoms with Gasteiger partial charge in [0.05, 0.1) is 11.1 Å². The first-order valence-corrected chi connectivity index (χ1v) is 7.48. The van der Waals surface area contributed by atoms with Gasteiger partial charge in [0, 0.05) is 0 Å². The Kier molecular flexibility index (Phi) is 5.51. The maximum Gasteiger partial charge on any atom is 0.336 e. The van der Waals surface area contributed by atoms with Gasteiger partial charge in [-0.05, 0) is 41.7 Å². The summed E-state index contributed by atoms with van der Waals surface area (Å²) in [7, 11) is 0. The predicted molar refractivity (Wildman–Crippen MR) is 89.7 cm³/mol. The zero-order chi connectivity index (χ0) is 18.6. The van der Waals surface area contributed by atoms with Crippen molar-refractivity contribution in [1.82, 2.24) is 0 Å². The average molecular weight is 343 g/mol. The molecule has 25 heavy (non-hydrogen) atoms. The monoisotopic (exact) mass is 343 g/mol. The molecule has 130 valence electrons. The molecule has 0 aliphatic rings. The molecular weight excluding hydrogens is 326 g/mol. The lowest BCUT2D eigenvalue weighted by atomic mass is 9.89. The van der Waals surface area contributed by atoms with Crippen molar-refractivity contribution in [3.63, 3.8) is 0 Å². The Bertz CT molecular complexity index is 816. The summed E-state index contributed by atoms with van der Waals surface area (Å²) in [6.07, 6.45) is 0.126. The summed E-state index contributed by atoms with van der Waals surface area (Å²) in [6.45, 7) is 0. The number of rotatable bonds is 7. The smallest absolute Gasteiger partial charge is 0.336 e. The number of hydrogen-bond acceptors (Lipinski definition) is 4. The maximum atomic E-state index is 11.6. The molecule has 7 nitrogen and oxygen atoms in total. The van der Waals surface area contributed by atoms with Crippen molar-refractivity contribution in [2.24, 2.45) is 5.73 Å². The van der Waals surface area contributed by atoms with Crippen LogP contribution in [-0.4, -0.2) is 39.3 Å². The highest BCUT2D eigenvalue weighted by atomic mass is 16.4. The molecule has 0 saturated heterocycles. The highest BCUT2D eigenvalue weighted by molar-refractivity contribution is 5.98. The van der Waals surface area contributed by atoms with E-state index in [1.54, 1.807) is 30.3 Å². The molecule has 2 rings (SSSR count). The number of aliphatic carboxylic acids is 1. The van der Waals surface area contributed by atoms with Gasteiger partial charge < -0.3 is 21.1 Å². The fourth-order valence-electron chi connectivity index (χ4n) is 2.55. The highest BCUT2D eigenvalue weighted by Crippen LogP contribution is 2.30. The number of benzene rings is 2. The Morgan fingerprint density at radius 1 is 0.960 bits per heavy atom. The number of carbonyl (C=O) groups is 3. The molecule has 7 heteroatoms. The Hall–Kier alpha value is -3.19. The molecule has 1 atom stereocenters. The number of hydrogen-bond donors (Lipinski definition) is 4. The van der Waals surface area contributed by atoms with Gasteiger partial charge >= 0.3 is 17.9 Å². The second kappa shape index (κ2) is 7.59. The summed E-state index contributed by atoms with van der Waals surface area (Å²) >= 11 is 0. The Morgan fingerprint density at radius 3 is 2.12 bits per heavy atom. The number of nitrogens with two attached hydrogens (primary N) is 1. The van der Waals surface area contributed by atoms with Gasteiger partial charge in [-0.3, -0.25) is 4.79 Å². The van der Waals surface area contributed by atoms with Crippen LogP contribution in [-0.2, 0) is 11.2 Å². The minimum Gasteiger partial charge on any atom is -0.480 e. The van der Waals surface area contributed by atoms with E-state index in [1.165, 1.54) is 6.07 Å². The minimum atomic E-state index is -1.28. The van der Waals surface area contributed by atoms with Gasteiger partial charge in [-0.15, -0.1) is 0 Å². The standard InChI is InChI=1S/C18H17NO6/c19-15(18(24)25)7-6-12-13(10-4-2-1-3-5-10)8-11(16(20)21)9-14(12)17(22)23/h1-5,8-9,15H,6-7,19H2,(H,20,21)(H,22,23)(H,24,25). The normalized spacial score (nSPS) is 11.7. The van der Waals surface area contributed by atoms with Gasteiger partial charge in [0.25, 0.3) is 0 Å². The largest absolute Gasteiger partial charge is 0.480 e. The van der Waals surface area contributed by atoms with Crippen LogP contribution in [0.25, 0.3) is 11.1 Å². The van der Waals surface area contributed by atoms with Crippen LogP contribution in [0, 0.1) is 0 Å². The van der Waals surface area contributed by atoms with E-state index >= 15 is 0 Å². The molecule has 0 saturated carbocycles. The lowest BCUT2D eigenvalue weighted by Gasteiger charge is -2.16. The van der Waals surface area contributed by atoms with Crippen LogP contribution in [0.4, 0.5) is 0 Å². The van der Waals surface area contributed by atoms with E-state index in [0.717, 1.165) is 6.07 Å². The molecule has 0 fully saturated rings. The predicted octanol–water partition coefficient (Wildman–Crippen LogP) is 2.09. The summed E-state index contributed by atoms with van der Waals surface area (Å²) in [5.41, 5.74) is 6.64. The lowest BCUT2D eigenvalue weighted by Crippen LogP contribution is -2.30. The third kappa shape index (κ3) is 4.21. The summed E-state index contributed by atoms with van der Waals surface area (Å²) in [6, 6.07) is 10.1. The average Bonchev–Trinajstić information content (AvgIpc) is 2.59. The van der Waals surface area contributed by atoms with E-state index in [0.29, 0.717) is 16.7 Å².